The number of pyridine rings is 2. The van der Waals surface area contributed by atoms with Crippen LogP contribution in [-0.4, -0.2) is 22.4 Å². The number of rotatable bonds is 7. The molecule has 0 saturated carbocycles. The van der Waals surface area contributed by atoms with E-state index in [-0.39, 0.29) is 5.91 Å². The average Bonchev–Trinajstić information content (AvgIpc) is 2.68. The van der Waals surface area contributed by atoms with Gasteiger partial charge < -0.3 is 10.6 Å². The summed E-state index contributed by atoms with van der Waals surface area (Å²) in [4.78, 5) is 20.6. The number of hydrogen-bond donors (Lipinski definition) is 2. The molecule has 2 heterocycles. The summed E-state index contributed by atoms with van der Waals surface area (Å²) in [6.45, 7) is 1.18. The summed E-state index contributed by atoms with van der Waals surface area (Å²) in [7, 11) is 0. The fraction of sp³-hybridized carbons (Fsp3) is 0.150. The summed E-state index contributed by atoms with van der Waals surface area (Å²) in [6.07, 6.45) is 4.27. The van der Waals surface area contributed by atoms with Gasteiger partial charge in [0.15, 0.2) is 0 Å². The van der Waals surface area contributed by atoms with E-state index in [1.54, 1.807) is 18.5 Å². The largest absolute Gasteiger partial charge is 0.385 e. The lowest BCUT2D eigenvalue weighted by Gasteiger charge is -2.08. The Labute approximate surface area is 147 Å². The predicted octanol–water partition coefficient (Wildman–Crippen LogP) is 3.06. The number of amides is 1. The second-order valence-corrected chi connectivity index (χ2v) is 5.60. The third-order valence-electron chi connectivity index (χ3n) is 3.73. The Kier molecular flexibility index (Phi) is 5.72. The first-order chi connectivity index (χ1) is 12.3. The molecule has 0 aliphatic heterocycles. The molecule has 0 bridgehead atoms. The van der Waals surface area contributed by atoms with E-state index in [1.807, 2.05) is 42.5 Å². The topological polar surface area (TPSA) is 66.9 Å². The van der Waals surface area contributed by atoms with Crippen LogP contribution in [0.5, 0.6) is 0 Å². The highest BCUT2D eigenvalue weighted by molar-refractivity contribution is 5.93. The van der Waals surface area contributed by atoms with Crippen LogP contribution in [-0.2, 0) is 13.0 Å². The molecule has 3 rings (SSSR count). The van der Waals surface area contributed by atoms with Crippen molar-refractivity contribution in [2.75, 3.05) is 11.9 Å². The molecule has 5 heteroatoms. The zero-order valence-electron chi connectivity index (χ0n) is 13.9. The Hall–Kier alpha value is -3.21. The first-order valence-electron chi connectivity index (χ1n) is 8.23. The summed E-state index contributed by atoms with van der Waals surface area (Å²) in [5.41, 5.74) is 3.36. The Morgan fingerprint density at radius 2 is 1.76 bits per heavy atom. The number of hydrogen-bond acceptors (Lipinski definition) is 4. The van der Waals surface area contributed by atoms with E-state index in [0.29, 0.717) is 12.2 Å². The van der Waals surface area contributed by atoms with Gasteiger partial charge in [0.2, 0.25) is 0 Å². The van der Waals surface area contributed by atoms with Crippen LogP contribution in [0.4, 0.5) is 5.69 Å². The van der Waals surface area contributed by atoms with Gasteiger partial charge in [-0.2, -0.15) is 0 Å². The fourth-order valence-corrected chi connectivity index (χ4v) is 2.42. The van der Waals surface area contributed by atoms with E-state index in [1.165, 1.54) is 5.56 Å². The third-order valence-corrected chi connectivity index (χ3v) is 3.73. The molecule has 0 radical (unpaired) electrons. The van der Waals surface area contributed by atoms with E-state index in [0.717, 1.165) is 24.3 Å². The van der Waals surface area contributed by atoms with Gasteiger partial charge in [0, 0.05) is 24.6 Å². The molecule has 0 atom stereocenters. The summed E-state index contributed by atoms with van der Waals surface area (Å²) < 4.78 is 0. The summed E-state index contributed by atoms with van der Waals surface area (Å²) in [5, 5.41) is 6.16. The number of carbonyl (C=O) groups is 1. The molecule has 2 aromatic heterocycles. The quantitative estimate of drug-likeness (QED) is 0.698. The first-order valence-corrected chi connectivity index (χ1v) is 8.23. The molecule has 1 amide bonds. The molecule has 5 nitrogen and oxygen atoms in total. The maximum absolute atomic E-state index is 12.2. The van der Waals surface area contributed by atoms with E-state index in [4.69, 9.17) is 0 Å². The average molecular weight is 332 g/mol. The van der Waals surface area contributed by atoms with Crippen LogP contribution in [0.3, 0.4) is 0 Å². The molecule has 2 N–H and O–H groups in total. The van der Waals surface area contributed by atoms with Crippen molar-refractivity contribution in [3.8, 4) is 0 Å². The van der Waals surface area contributed by atoms with Crippen LogP contribution < -0.4 is 10.6 Å². The van der Waals surface area contributed by atoms with E-state index in [9.17, 15) is 4.79 Å². The first kappa shape index (κ1) is 16.6. The van der Waals surface area contributed by atoms with Crippen LogP contribution in [0.2, 0.25) is 0 Å². The van der Waals surface area contributed by atoms with E-state index in [2.05, 4.69) is 32.7 Å². The Bertz CT molecular complexity index is 806. The number of aromatic nitrogens is 2. The fourth-order valence-electron chi connectivity index (χ4n) is 2.42. The smallest absolute Gasteiger partial charge is 0.270 e. The van der Waals surface area contributed by atoms with Crippen molar-refractivity contribution >= 4 is 11.6 Å². The molecule has 0 aliphatic rings. The van der Waals surface area contributed by atoms with Crippen LogP contribution >= 0.6 is 0 Å². The van der Waals surface area contributed by atoms with Crippen LogP contribution in [0.25, 0.3) is 0 Å². The molecule has 25 heavy (non-hydrogen) atoms. The molecule has 0 saturated heterocycles. The van der Waals surface area contributed by atoms with Gasteiger partial charge in [0.05, 0.1) is 12.2 Å². The van der Waals surface area contributed by atoms with Crippen molar-refractivity contribution in [3.63, 3.8) is 0 Å². The molecular formula is C20H20N4O. The normalized spacial score (nSPS) is 10.2. The molecule has 126 valence electrons. The molecular weight excluding hydrogens is 312 g/mol. The van der Waals surface area contributed by atoms with Gasteiger partial charge in [-0.3, -0.25) is 14.8 Å². The Balaban J connectivity index is 1.52. The van der Waals surface area contributed by atoms with Crippen LogP contribution in [0.1, 0.15) is 21.7 Å². The lowest BCUT2D eigenvalue weighted by atomic mass is 10.1. The minimum atomic E-state index is -0.211. The molecule has 3 aromatic rings. The second kappa shape index (κ2) is 8.59. The predicted molar refractivity (Wildman–Crippen MR) is 98.3 cm³/mol. The molecule has 0 fully saturated rings. The van der Waals surface area contributed by atoms with Gasteiger partial charge in [-0.15, -0.1) is 0 Å². The summed E-state index contributed by atoms with van der Waals surface area (Å²) in [5.74, 6) is -0.211. The number of benzene rings is 1. The van der Waals surface area contributed by atoms with Crippen molar-refractivity contribution in [1.82, 2.24) is 15.3 Å². The van der Waals surface area contributed by atoms with Gasteiger partial charge in [0.1, 0.15) is 5.69 Å². The number of nitrogens with zero attached hydrogens (tertiary/aromatic N) is 2. The highest BCUT2D eigenvalue weighted by Crippen LogP contribution is 2.09. The van der Waals surface area contributed by atoms with Crippen molar-refractivity contribution in [2.24, 2.45) is 0 Å². The lowest BCUT2D eigenvalue weighted by molar-refractivity contribution is 0.0945. The maximum Gasteiger partial charge on any atom is 0.270 e. The van der Waals surface area contributed by atoms with E-state index < -0.39 is 0 Å². The van der Waals surface area contributed by atoms with Gasteiger partial charge in [-0.25, -0.2) is 0 Å². The zero-order chi connectivity index (χ0) is 17.3. The molecule has 1 aromatic carbocycles. The molecule has 0 aliphatic carbocycles. The zero-order valence-corrected chi connectivity index (χ0v) is 13.9. The van der Waals surface area contributed by atoms with Gasteiger partial charge in [-0.1, -0.05) is 36.4 Å². The molecule has 0 spiro atoms. The van der Waals surface area contributed by atoms with Crippen LogP contribution in [0, 0.1) is 0 Å². The molecule has 0 unspecified atom stereocenters. The van der Waals surface area contributed by atoms with Crippen molar-refractivity contribution < 1.29 is 4.79 Å². The maximum atomic E-state index is 12.2. The highest BCUT2D eigenvalue weighted by Gasteiger charge is 2.08. The monoisotopic (exact) mass is 332 g/mol. The summed E-state index contributed by atoms with van der Waals surface area (Å²) >= 11 is 0. The Morgan fingerprint density at radius 3 is 2.56 bits per heavy atom. The Morgan fingerprint density at radius 1 is 0.920 bits per heavy atom. The van der Waals surface area contributed by atoms with Gasteiger partial charge >= 0.3 is 0 Å². The summed E-state index contributed by atoms with van der Waals surface area (Å²) in [6, 6.07) is 19.5. The number of nitrogens with one attached hydrogen (secondary N) is 2. The SMILES string of the molecule is O=C(NCc1ccccn1)c1cc(NCCc2ccccc2)ccn1. The standard InChI is InChI=1S/C20H20N4O/c25-20(24-15-18-8-4-5-11-21-18)19-14-17(10-13-23-19)22-12-9-16-6-2-1-3-7-16/h1-8,10-11,13-14H,9,12,15H2,(H,22,23)(H,24,25). The lowest BCUT2D eigenvalue weighted by Crippen LogP contribution is -2.24. The van der Waals surface area contributed by atoms with E-state index >= 15 is 0 Å². The minimum absolute atomic E-state index is 0.211. The van der Waals surface area contributed by atoms with Gasteiger partial charge in [0.25, 0.3) is 5.91 Å². The number of anilines is 1. The minimum Gasteiger partial charge on any atom is -0.385 e. The highest BCUT2D eigenvalue weighted by atomic mass is 16.1. The second-order valence-electron chi connectivity index (χ2n) is 5.60. The van der Waals surface area contributed by atoms with Crippen LogP contribution in [0.15, 0.2) is 73.1 Å². The number of carbonyl (C=O) groups excluding carboxylic acids is 1. The van der Waals surface area contributed by atoms with Gasteiger partial charge in [-0.05, 0) is 36.2 Å². The third kappa shape index (κ3) is 5.14. The van der Waals surface area contributed by atoms with Crippen molar-refractivity contribution in [1.29, 1.82) is 0 Å². The van der Waals surface area contributed by atoms with Crippen molar-refractivity contribution in [3.05, 3.63) is 90.0 Å². The van der Waals surface area contributed by atoms with Crippen molar-refractivity contribution in [2.45, 2.75) is 13.0 Å².